The molecule has 0 heterocycles. The van der Waals surface area contributed by atoms with Gasteiger partial charge in [-0.2, -0.15) is 5.26 Å². The molecule has 0 unspecified atom stereocenters. The van der Waals surface area contributed by atoms with Crippen LogP contribution in [0.25, 0.3) is 0 Å². The third-order valence-corrected chi connectivity index (χ3v) is 2.06. The first-order chi connectivity index (χ1) is 8.02. The van der Waals surface area contributed by atoms with Gasteiger partial charge in [-0.05, 0) is 18.2 Å². The summed E-state index contributed by atoms with van der Waals surface area (Å²) in [7, 11) is 0. The number of carboxylic acid groups (broad SMARTS) is 1. The maximum atomic E-state index is 11.2. The van der Waals surface area contributed by atoms with Crippen molar-refractivity contribution in [1.29, 1.82) is 5.26 Å². The Labute approximate surface area is 102 Å². The van der Waals surface area contributed by atoms with Crippen molar-refractivity contribution in [3.05, 3.63) is 40.9 Å². The van der Waals surface area contributed by atoms with E-state index in [9.17, 15) is 9.59 Å². The first-order valence-electron chi connectivity index (χ1n) is 4.44. The van der Waals surface area contributed by atoms with Crippen molar-refractivity contribution in [2.75, 3.05) is 5.32 Å². The van der Waals surface area contributed by atoms with E-state index in [1.165, 1.54) is 18.2 Å². The van der Waals surface area contributed by atoms with Crippen molar-refractivity contribution in [1.82, 2.24) is 0 Å². The summed E-state index contributed by atoms with van der Waals surface area (Å²) < 4.78 is 0. The van der Waals surface area contributed by atoms with Crippen LogP contribution < -0.4 is 5.32 Å². The van der Waals surface area contributed by atoms with E-state index in [-0.39, 0.29) is 10.6 Å². The number of nitriles is 1. The molecule has 0 aliphatic rings. The fourth-order valence-electron chi connectivity index (χ4n) is 1.02. The van der Waals surface area contributed by atoms with E-state index in [1.807, 2.05) is 6.07 Å². The Morgan fingerprint density at radius 1 is 1.41 bits per heavy atom. The minimum absolute atomic E-state index is 0.228. The van der Waals surface area contributed by atoms with Gasteiger partial charge in [0.1, 0.15) is 6.07 Å². The summed E-state index contributed by atoms with van der Waals surface area (Å²) in [5, 5.41) is 19.7. The van der Waals surface area contributed by atoms with E-state index in [0.29, 0.717) is 5.69 Å². The molecule has 6 heteroatoms. The smallest absolute Gasteiger partial charge is 0.328 e. The normalized spacial score (nSPS) is 9.88. The third-order valence-electron chi connectivity index (χ3n) is 1.73. The van der Waals surface area contributed by atoms with Gasteiger partial charge in [0.25, 0.3) is 0 Å². The van der Waals surface area contributed by atoms with Crippen molar-refractivity contribution in [2.45, 2.75) is 0 Å². The predicted molar refractivity (Wildman–Crippen MR) is 61.6 cm³/mol. The molecule has 0 aliphatic heterocycles. The number of carbonyl (C=O) groups excluding carboxylic acids is 1. The number of rotatable bonds is 3. The van der Waals surface area contributed by atoms with E-state index in [0.717, 1.165) is 12.2 Å². The van der Waals surface area contributed by atoms with Crippen molar-refractivity contribution in [2.24, 2.45) is 0 Å². The molecule has 0 radical (unpaired) electrons. The van der Waals surface area contributed by atoms with Crippen LogP contribution in [-0.4, -0.2) is 17.0 Å². The number of nitrogens with one attached hydrogen (secondary N) is 1. The number of aliphatic carboxylic acids is 1. The average molecular weight is 251 g/mol. The predicted octanol–water partition coefficient (Wildman–Crippen LogP) is 1.79. The lowest BCUT2D eigenvalue weighted by molar-refractivity contribution is -0.131. The van der Waals surface area contributed by atoms with E-state index in [4.69, 9.17) is 22.0 Å². The summed E-state index contributed by atoms with van der Waals surface area (Å²) in [4.78, 5) is 21.4. The van der Waals surface area contributed by atoms with Crippen LogP contribution >= 0.6 is 11.6 Å². The molecular weight excluding hydrogens is 244 g/mol. The molecule has 1 aromatic carbocycles. The number of hydrogen-bond acceptors (Lipinski definition) is 3. The molecule has 1 aromatic rings. The zero-order valence-corrected chi connectivity index (χ0v) is 9.23. The highest BCUT2D eigenvalue weighted by molar-refractivity contribution is 6.31. The Balaban J connectivity index is 2.80. The van der Waals surface area contributed by atoms with Gasteiger partial charge in [-0.15, -0.1) is 0 Å². The quantitative estimate of drug-likeness (QED) is 0.800. The van der Waals surface area contributed by atoms with Crippen LogP contribution in [0, 0.1) is 11.3 Å². The molecule has 0 saturated heterocycles. The van der Waals surface area contributed by atoms with E-state index in [1.54, 1.807) is 0 Å². The topological polar surface area (TPSA) is 90.2 Å². The number of hydrogen-bond donors (Lipinski definition) is 2. The second kappa shape index (κ2) is 5.68. The van der Waals surface area contributed by atoms with E-state index >= 15 is 0 Å². The lowest BCUT2D eigenvalue weighted by atomic mass is 10.2. The lowest BCUT2D eigenvalue weighted by Gasteiger charge is -2.03. The number of benzene rings is 1. The molecule has 1 amide bonds. The highest BCUT2D eigenvalue weighted by Gasteiger charge is 2.03. The monoisotopic (exact) mass is 250 g/mol. The van der Waals surface area contributed by atoms with Gasteiger partial charge in [0, 0.05) is 17.8 Å². The van der Waals surface area contributed by atoms with Crippen molar-refractivity contribution >= 4 is 29.2 Å². The Morgan fingerprint density at radius 3 is 2.71 bits per heavy atom. The average Bonchev–Trinajstić information content (AvgIpc) is 2.29. The van der Waals surface area contributed by atoms with E-state index in [2.05, 4.69) is 5.32 Å². The highest BCUT2D eigenvalue weighted by atomic mass is 35.5. The summed E-state index contributed by atoms with van der Waals surface area (Å²) in [6.45, 7) is 0. The number of anilines is 1. The Bertz CT molecular complexity index is 532. The Morgan fingerprint density at radius 2 is 2.12 bits per heavy atom. The van der Waals surface area contributed by atoms with Crippen LogP contribution in [0.5, 0.6) is 0 Å². The number of carboxylic acids is 1. The number of halogens is 1. The minimum Gasteiger partial charge on any atom is -0.478 e. The van der Waals surface area contributed by atoms with Crippen LogP contribution in [0.4, 0.5) is 5.69 Å². The second-order valence-electron chi connectivity index (χ2n) is 2.97. The van der Waals surface area contributed by atoms with Gasteiger partial charge >= 0.3 is 5.97 Å². The Hall–Kier alpha value is -2.32. The third kappa shape index (κ3) is 3.97. The summed E-state index contributed by atoms with van der Waals surface area (Å²) in [6, 6.07) is 6.24. The number of carbonyl (C=O) groups is 2. The van der Waals surface area contributed by atoms with Crippen molar-refractivity contribution in [3.63, 3.8) is 0 Å². The van der Waals surface area contributed by atoms with E-state index < -0.39 is 11.9 Å². The molecule has 17 heavy (non-hydrogen) atoms. The number of nitrogens with zero attached hydrogens (tertiary/aromatic N) is 1. The number of amides is 1. The maximum Gasteiger partial charge on any atom is 0.328 e. The molecular formula is C11H7ClN2O3. The fraction of sp³-hybridized carbons (Fsp3) is 0. The van der Waals surface area contributed by atoms with Crippen LogP contribution in [0.1, 0.15) is 5.56 Å². The van der Waals surface area contributed by atoms with Crippen LogP contribution in [0.15, 0.2) is 30.4 Å². The van der Waals surface area contributed by atoms with Gasteiger partial charge < -0.3 is 10.4 Å². The first-order valence-corrected chi connectivity index (χ1v) is 4.82. The highest BCUT2D eigenvalue weighted by Crippen LogP contribution is 2.19. The zero-order chi connectivity index (χ0) is 12.8. The maximum absolute atomic E-state index is 11.2. The molecule has 0 aliphatic carbocycles. The van der Waals surface area contributed by atoms with Gasteiger partial charge in [-0.3, -0.25) is 4.79 Å². The molecule has 0 spiro atoms. The molecule has 0 atom stereocenters. The van der Waals surface area contributed by atoms with Crippen molar-refractivity contribution < 1.29 is 14.7 Å². The van der Waals surface area contributed by atoms with Crippen LogP contribution in [-0.2, 0) is 9.59 Å². The van der Waals surface area contributed by atoms with Crippen LogP contribution in [0.2, 0.25) is 5.02 Å². The summed E-state index contributed by atoms with van der Waals surface area (Å²) in [5.74, 6) is -1.81. The SMILES string of the molecule is N#Cc1cc(NC(=O)/C=C/C(=O)O)ccc1Cl. The van der Waals surface area contributed by atoms with Gasteiger partial charge in [-0.1, -0.05) is 11.6 Å². The van der Waals surface area contributed by atoms with Crippen molar-refractivity contribution in [3.8, 4) is 6.07 Å². The lowest BCUT2D eigenvalue weighted by Crippen LogP contribution is -2.08. The molecule has 0 saturated carbocycles. The standard InChI is InChI=1S/C11H7ClN2O3/c12-9-2-1-8(5-7(9)6-13)14-10(15)3-4-11(16)17/h1-5H,(H,14,15)(H,16,17)/b4-3+. The largest absolute Gasteiger partial charge is 0.478 e. The molecule has 0 bridgehead atoms. The molecule has 5 nitrogen and oxygen atoms in total. The minimum atomic E-state index is -1.21. The summed E-state index contributed by atoms with van der Waals surface area (Å²) >= 11 is 5.71. The fourth-order valence-corrected chi connectivity index (χ4v) is 1.18. The molecule has 86 valence electrons. The molecule has 0 aromatic heterocycles. The zero-order valence-electron chi connectivity index (χ0n) is 8.48. The van der Waals surface area contributed by atoms with Gasteiger partial charge in [-0.25, -0.2) is 4.79 Å². The first kappa shape index (κ1) is 12.7. The molecule has 0 fully saturated rings. The van der Waals surface area contributed by atoms with Gasteiger partial charge in [0.2, 0.25) is 5.91 Å². The second-order valence-corrected chi connectivity index (χ2v) is 3.37. The summed E-state index contributed by atoms with van der Waals surface area (Å²) in [6.07, 6.45) is 1.60. The molecule has 2 N–H and O–H groups in total. The van der Waals surface area contributed by atoms with Crippen LogP contribution in [0.3, 0.4) is 0 Å². The van der Waals surface area contributed by atoms with Gasteiger partial charge in [0.15, 0.2) is 0 Å². The molecule has 1 rings (SSSR count). The summed E-state index contributed by atoms with van der Waals surface area (Å²) in [5.41, 5.74) is 0.595. The Kier molecular flexibility index (Phi) is 4.26. The van der Waals surface area contributed by atoms with Gasteiger partial charge in [0.05, 0.1) is 10.6 Å².